The summed E-state index contributed by atoms with van der Waals surface area (Å²) in [5.41, 5.74) is 9.09. The number of hydrogen-bond donors (Lipinski definition) is 1. The van der Waals surface area contributed by atoms with Gasteiger partial charge in [-0.15, -0.1) is 0 Å². The fourth-order valence-corrected chi connectivity index (χ4v) is 1.80. The van der Waals surface area contributed by atoms with Gasteiger partial charge < -0.3 is 5.73 Å². The van der Waals surface area contributed by atoms with Crippen LogP contribution in [0.15, 0.2) is 23.3 Å². The van der Waals surface area contributed by atoms with E-state index in [1.165, 1.54) is 11.1 Å². The summed E-state index contributed by atoms with van der Waals surface area (Å²) >= 11 is 0. The number of allylic oxidation sites excluding steroid dienone is 3. The first-order chi connectivity index (χ1) is 5.91. The zero-order chi connectivity index (χ0) is 10.1. The average Bonchev–Trinajstić information content (AvgIpc) is 1.99. The molecule has 0 fully saturated rings. The number of hydrogen-bond acceptors (Lipinski definition) is 1. The molecule has 0 heterocycles. The molecule has 0 aromatic rings. The van der Waals surface area contributed by atoms with Crippen molar-refractivity contribution in [3.05, 3.63) is 23.3 Å². The van der Waals surface area contributed by atoms with Crippen molar-refractivity contribution in [3.8, 4) is 0 Å². The monoisotopic (exact) mass is 179 g/mol. The molecule has 13 heavy (non-hydrogen) atoms. The van der Waals surface area contributed by atoms with Crippen molar-refractivity contribution in [2.45, 2.75) is 46.6 Å². The lowest BCUT2D eigenvalue weighted by molar-refractivity contribution is 0.319. The molecule has 0 saturated carbocycles. The van der Waals surface area contributed by atoms with Crippen LogP contribution in [0.1, 0.15) is 40.5 Å². The highest BCUT2D eigenvalue weighted by molar-refractivity contribution is 5.25. The van der Waals surface area contributed by atoms with E-state index in [4.69, 9.17) is 5.73 Å². The Morgan fingerprint density at radius 2 is 2.00 bits per heavy atom. The second kappa shape index (κ2) is 3.67. The largest absolute Gasteiger partial charge is 0.324 e. The molecule has 1 atom stereocenters. The van der Waals surface area contributed by atoms with Gasteiger partial charge in [0, 0.05) is 6.04 Å². The van der Waals surface area contributed by atoms with Gasteiger partial charge in [-0.1, -0.05) is 37.1 Å². The molecule has 74 valence electrons. The lowest BCUT2D eigenvalue weighted by Gasteiger charge is -2.29. The van der Waals surface area contributed by atoms with Crippen LogP contribution in [0, 0.1) is 5.41 Å². The van der Waals surface area contributed by atoms with Gasteiger partial charge in [0.15, 0.2) is 0 Å². The fraction of sp³-hybridized carbons (Fsp3) is 0.667. The number of rotatable bonds is 0. The van der Waals surface area contributed by atoms with E-state index in [1.807, 2.05) is 0 Å². The molecule has 1 rings (SSSR count). The van der Waals surface area contributed by atoms with Crippen molar-refractivity contribution >= 4 is 0 Å². The second-order valence-corrected chi connectivity index (χ2v) is 5.02. The smallest absolute Gasteiger partial charge is 0.0259 e. The zero-order valence-corrected chi connectivity index (χ0v) is 9.22. The van der Waals surface area contributed by atoms with Crippen LogP contribution < -0.4 is 5.73 Å². The molecule has 1 aliphatic carbocycles. The lowest BCUT2D eigenvalue weighted by Crippen LogP contribution is -2.29. The quantitative estimate of drug-likeness (QED) is 0.607. The summed E-state index contributed by atoms with van der Waals surface area (Å²) in [5.74, 6) is 0. The third-order valence-electron chi connectivity index (χ3n) is 2.79. The maximum atomic E-state index is 6.09. The first kappa shape index (κ1) is 10.5. The molecule has 0 aromatic heterocycles. The van der Waals surface area contributed by atoms with Gasteiger partial charge in [0.05, 0.1) is 0 Å². The van der Waals surface area contributed by atoms with Gasteiger partial charge >= 0.3 is 0 Å². The maximum absolute atomic E-state index is 6.09. The highest BCUT2D eigenvalue weighted by Crippen LogP contribution is 2.31. The molecule has 0 aromatic carbocycles. The minimum absolute atomic E-state index is 0.235. The predicted octanol–water partition coefficient (Wildman–Crippen LogP) is 3.03. The van der Waals surface area contributed by atoms with Crippen molar-refractivity contribution in [2.75, 3.05) is 0 Å². The van der Waals surface area contributed by atoms with Crippen LogP contribution in [0.5, 0.6) is 0 Å². The van der Waals surface area contributed by atoms with Crippen LogP contribution >= 0.6 is 0 Å². The second-order valence-electron chi connectivity index (χ2n) is 5.02. The van der Waals surface area contributed by atoms with Gasteiger partial charge in [-0.25, -0.2) is 0 Å². The summed E-state index contributed by atoms with van der Waals surface area (Å²) in [6.45, 7) is 8.85. The molecular formula is C12H21N. The fourth-order valence-electron chi connectivity index (χ4n) is 1.80. The molecule has 1 nitrogen and oxygen atoms in total. The Morgan fingerprint density at radius 3 is 2.62 bits per heavy atom. The summed E-state index contributed by atoms with van der Waals surface area (Å²) in [5, 5.41) is 0. The molecule has 0 aliphatic heterocycles. The average molecular weight is 179 g/mol. The van der Waals surface area contributed by atoms with Crippen molar-refractivity contribution in [1.82, 2.24) is 0 Å². The van der Waals surface area contributed by atoms with Crippen LogP contribution in [-0.4, -0.2) is 6.04 Å². The predicted molar refractivity (Wildman–Crippen MR) is 58.5 cm³/mol. The normalized spacial score (nSPS) is 28.5. The number of nitrogens with two attached hydrogens (primary N) is 1. The van der Waals surface area contributed by atoms with Crippen LogP contribution in [0.2, 0.25) is 0 Å². The Morgan fingerprint density at radius 1 is 1.38 bits per heavy atom. The van der Waals surface area contributed by atoms with Gasteiger partial charge in [0.1, 0.15) is 0 Å². The van der Waals surface area contributed by atoms with E-state index < -0.39 is 0 Å². The molecule has 1 unspecified atom stereocenters. The van der Waals surface area contributed by atoms with Gasteiger partial charge in [0.25, 0.3) is 0 Å². The van der Waals surface area contributed by atoms with E-state index in [2.05, 4.69) is 39.8 Å². The summed E-state index contributed by atoms with van der Waals surface area (Å²) in [6.07, 6.45) is 6.74. The molecule has 0 radical (unpaired) electrons. The molecule has 0 saturated heterocycles. The first-order valence-corrected chi connectivity index (χ1v) is 5.01. The lowest BCUT2D eigenvalue weighted by atomic mass is 9.79. The summed E-state index contributed by atoms with van der Waals surface area (Å²) in [7, 11) is 0. The van der Waals surface area contributed by atoms with Crippen LogP contribution in [-0.2, 0) is 0 Å². The molecule has 1 aliphatic rings. The highest BCUT2D eigenvalue weighted by atomic mass is 14.6. The zero-order valence-electron chi connectivity index (χ0n) is 9.22. The molecule has 0 bridgehead atoms. The van der Waals surface area contributed by atoms with Crippen LogP contribution in [0.25, 0.3) is 0 Å². The van der Waals surface area contributed by atoms with Crippen LogP contribution in [0.3, 0.4) is 0 Å². The maximum Gasteiger partial charge on any atom is 0.0259 e. The minimum Gasteiger partial charge on any atom is -0.324 e. The van der Waals surface area contributed by atoms with Gasteiger partial charge in [-0.05, 0) is 32.1 Å². The molecule has 0 amide bonds. The van der Waals surface area contributed by atoms with E-state index in [9.17, 15) is 0 Å². The standard InChI is InChI=1S/C12H21N/c1-9-5-6-12(3,4)8-11(13)10(2)7-9/h5,7,11H,6,8,13H2,1-4H3. The third-order valence-corrected chi connectivity index (χ3v) is 2.79. The topological polar surface area (TPSA) is 26.0 Å². The Bertz CT molecular complexity index is 246. The third kappa shape index (κ3) is 3.00. The van der Waals surface area contributed by atoms with E-state index in [0.29, 0.717) is 5.41 Å². The summed E-state index contributed by atoms with van der Waals surface area (Å²) in [4.78, 5) is 0. The van der Waals surface area contributed by atoms with E-state index in [-0.39, 0.29) is 6.04 Å². The highest BCUT2D eigenvalue weighted by Gasteiger charge is 2.22. The van der Waals surface area contributed by atoms with Gasteiger partial charge in [0.2, 0.25) is 0 Å². The molecular weight excluding hydrogens is 158 g/mol. The Hall–Kier alpha value is -0.560. The Kier molecular flexibility index (Phi) is 2.97. The Labute approximate surface area is 81.7 Å². The SMILES string of the molecule is CC1=CCC(C)(C)CC(N)C(C)=C1. The van der Waals surface area contributed by atoms with Gasteiger partial charge in [-0.3, -0.25) is 0 Å². The molecule has 2 N–H and O–H groups in total. The molecule has 1 heteroatoms. The summed E-state index contributed by atoms with van der Waals surface area (Å²) < 4.78 is 0. The van der Waals surface area contributed by atoms with Crippen molar-refractivity contribution < 1.29 is 0 Å². The van der Waals surface area contributed by atoms with E-state index in [0.717, 1.165) is 12.8 Å². The molecule has 0 spiro atoms. The van der Waals surface area contributed by atoms with Crippen molar-refractivity contribution in [3.63, 3.8) is 0 Å². The summed E-state index contributed by atoms with van der Waals surface area (Å²) in [6, 6.07) is 0.235. The van der Waals surface area contributed by atoms with Crippen molar-refractivity contribution in [2.24, 2.45) is 11.1 Å². The van der Waals surface area contributed by atoms with Crippen molar-refractivity contribution in [1.29, 1.82) is 0 Å². The van der Waals surface area contributed by atoms with Crippen LogP contribution in [0.4, 0.5) is 0 Å². The minimum atomic E-state index is 0.235. The van der Waals surface area contributed by atoms with E-state index >= 15 is 0 Å². The Balaban J connectivity index is 2.91. The first-order valence-electron chi connectivity index (χ1n) is 5.01. The van der Waals surface area contributed by atoms with Gasteiger partial charge in [-0.2, -0.15) is 0 Å². The van der Waals surface area contributed by atoms with E-state index in [1.54, 1.807) is 0 Å².